The van der Waals surface area contributed by atoms with E-state index < -0.39 is 17.9 Å². The van der Waals surface area contributed by atoms with Gasteiger partial charge < -0.3 is 4.74 Å². The second-order valence-electron chi connectivity index (χ2n) is 4.46. The zero-order valence-corrected chi connectivity index (χ0v) is 11.3. The molecule has 0 radical (unpaired) electrons. The van der Waals surface area contributed by atoms with Gasteiger partial charge in [-0.15, -0.1) is 13.2 Å². The molecule has 0 aromatic heterocycles. The Morgan fingerprint density at radius 3 is 1.82 bits per heavy atom. The summed E-state index contributed by atoms with van der Waals surface area (Å²) in [6, 6.07) is 12.8. The summed E-state index contributed by atoms with van der Waals surface area (Å²) in [4.78, 5) is 23.8. The summed E-state index contributed by atoms with van der Waals surface area (Å²) in [5.41, 5.74) is 0.562. The van der Waals surface area contributed by atoms with Gasteiger partial charge in [0, 0.05) is 11.1 Å². The number of ketones is 2. The topological polar surface area (TPSA) is 43.4 Å². The van der Waals surface area contributed by atoms with Gasteiger partial charge in [0.1, 0.15) is 5.75 Å². The predicted molar refractivity (Wildman–Crippen MR) is 72.8 cm³/mol. The van der Waals surface area contributed by atoms with Gasteiger partial charge in [-0.05, 0) is 24.3 Å². The maximum absolute atomic E-state index is 12.0. The maximum Gasteiger partial charge on any atom is 0.573 e. The van der Waals surface area contributed by atoms with Gasteiger partial charge in [0.2, 0.25) is 0 Å². The van der Waals surface area contributed by atoms with E-state index in [1.807, 2.05) is 0 Å². The van der Waals surface area contributed by atoms with Gasteiger partial charge in [0.15, 0.2) is 11.6 Å². The van der Waals surface area contributed by atoms with Gasteiger partial charge in [0.25, 0.3) is 0 Å². The van der Waals surface area contributed by atoms with Crippen molar-refractivity contribution in [3.63, 3.8) is 0 Å². The number of carbonyl (C=O) groups is 2. The highest BCUT2D eigenvalue weighted by atomic mass is 19.4. The average molecular weight is 308 g/mol. The number of carbonyl (C=O) groups excluding carboxylic acids is 2. The standard InChI is InChI=1S/C16H11F3O3/c17-16(18,19)22-13-8-6-12(7-9-13)15(21)10-14(20)11-4-2-1-3-5-11/h1-9H,10H2. The van der Waals surface area contributed by atoms with Crippen molar-refractivity contribution in [2.24, 2.45) is 0 Å². The normalized spacial score (nSPS) is 11.0. The minimum absolute atomic E-state index is 0.152. The molecule has 3 nitrogen and oxygen atoms in total. The van der Waals surface area contributed by atoms with Crippen LogP contribution >= 0.6 is 0 Å². The Balaban J connectivity index is 2.03. The van der Waals surface area contributed by atoms with Crippen molar-refractivity contribution in [1.82, 2.24) is 0 Å². The number of alkyl halides is 3. The van der Waals surface area contributed by atoms with Crippen LogP contribution in [0.1, 0.15) is 27.1 Å². The van der Waals surface area contributed by atoms with Crippen molar-refractivity contribution in [2.45, 2.75) is 12.8 Å². The minimum atomic E-state index is -4.78. The molecular weight excluding hydrogens is 297 g/mol. The molecule has 0 aliphatic carbocycles. The SMILES string of the molecule is O=C(CC(=O)c1ccc(OC(F)(F)F)cc1)c1ccccc1. The van der Waals surface area contributed by atoms with E-state index >= 15 is 0 Å². The van der Waals surface area contributed by atoms with Crippen LogP contribution in [-0.4, -0.2) is 17.9 Å². The Bertz CT molecular complexity index is 661. The molecule has 0 spiro atoms. The molecule has 22 heavy (non-hydrogen) atoms. The van der Waals surface area contributed by atoms with E-state index in [1.54, 1.807) is 30.3 Å². The highest BCUT2D eigenvalue weighted by Crippen LogP contribution is 2.23. The van der Waals surface area contributed by atoms with Crippen molar-refractivity contribution in [3.05, 3.63) is 65.7 Å². The van der Waals surface area contributed by atoms with Crippen LogP contribution in [0.15, 0.2) is 54.6 Å². The molecular formula is C16H11F3O3. The lowest BCUT2D eigenvalue weighted by Gasteiger charge is -2.09. The van der Waals surface area contributed by atoms with Crippen LogP contribution in [0.25, 0.3) is 0 Å². The fraction of sp³-hybridized carbons (Fsp3) is 0.125. The van der Waals surface area contributed by atoms with Gasteiger partial charge >= 0.3 is 6.36 Å². The lowest BCUT2D eigenvalue weighted by molar-refractivity contribution is -0.274. The second kappa shape index (κ2) is 6.43. The van der Waals surface area contributed by atoms with Crippen molar-refractivity contribution in [2.75, 3.05) is 0 Å². The van der Waals surface area contributed by atoms with E-state index in [0.29, 0.717) is 5.56 Å². The lowest BCUT2D eigenvalue weighted by Crippen LogP contribution is -2.17. The molecule has 114 valence electrons. The van der Waals surface area contributed by atoms with Crippen molar-refractivity contribution in [1.29, 1.82) is 0 Å². The molecule has 0 saturated heterocycles. The molecule has 2 aromatic carbocycles. The van der Waals surface area contributed by atoms with Crippen LogP contribution in [0.3, 0.4) is 0 Å². The molecule has 0 saturated carbocycles. The zero-order valence-electron chi connectivity index (χ0n) is 11.3. The number of halogens is 3. The molecule has 0 N–H and O–H groups in total. The van der Waals surface area contributed by atoms with E-state index in [4.69, 9.17) is 0 Å². The Morgan fingerprint density at radius 2 is 1.32 bits per heavy atom. The fourth-order valence-corrected chi connectivity index (χ4v) is 1.82. The highest BCUT2D eigenvalue weighted by molar-refractivity contribution is 6.13. The highest BCUT2D eigenvalue weighted by Gasteiger charge is 2.31. The summed E-state index contributed by atoms with van der Waals surface area (Å²) >= 11 is 0. The number of hydrogen-bond acceptors (Lipinski definition) is 3. The van der Waals surface area contributed by atoms with Gasteiger partial charge in [-0.25, -0.2) is 0 Å². The third-order valence-electron chi connectivity index (χ3n) is 2.83. The first-order chi connectivity index (χ1) is 10.3. The molecule has 6 heteroatoms. The van der Waals surface area contributed by atoms with Crippen molar-refractivity contribution < 1.29 is 27.5 Å². The van der Waals surface area contributed by atoms with E-state index in [2.05, 4.69) is 4.74 Å². The molecule has 0 atom stereocenters. The maximum atomic E-state index is 12.0. The quantitative estimate of drug-likeness (QED) is 0.618. The van der Waals surface area contributed by atoms with E-state index in [0.717, 1.165) is 12.1 Å². The van der Waals surface area contributed by atoms with Crippen molar-refractivity contribution >= 4 is 11.6 Å². The zero-order chi connectivity index (χ0) is 16.2. The van der Waals surface area contributed by atoms with Crippen LogP contribution < -0.4 is 4.74 Å². The molecule has 0 heterocycles. The molecule has 0 aliphatic rings. The Labute approximate surface area is 124 Å². The number of rotatable bonds is 5. The Hall–Kier alpha value is -2.63. The fourth-order valence-electron chi connectivity index (χ4n) is 1.82. The van der Waals surface area contributed by atoms with Crippen molar-refractivity contribution in [3.8, 4) is 5.75 Å². The van der Waals surface area contributed by atoms with Crippen LogP contribution in [0.4, 0.5) is 13.2 Å². The van der Waals surface area contributed by atoms with E-state index in [9.17, 15) is 22.8 Å². The molecule has 0 fully saturated rings. The van der Waals surface area contributed by atoms with Crippen LogP contribution in [0.2, 0.25) is 0 Å². The summed E-state index contributed by atoms with van der Waals surface area (Å²) < 4.78 is 39.8. The van der Waals surface area contributed by atoms with Gasteiger partial charge in [-0.1, -0.05) is 30.3 Å². The van der Waals surface area contributed by atoms with Crippen LogP contribution in [-0.2, 0) is 0 Å². The minimum Gasteiger partial charge on any atom is -0.406 e. The monoisotopic (exact) mass is 308 g/mol. The molecule has 2 rings (SSSR count). The first kappa shape index (κ1) is 15.8. The third kappa shape index (κ3) is 4.44. The number of hydrogen-bond donors (Lipinski definition) is 0. The van der Waals surface area contributed by atoms with Gasteiger partial charge in [-0.2, -0.15) is 0 Å². The van der Waals surface area contributed by atoms with Gasteiger partial charge in [-0.3, -0.25) is 9.59 Å². The lowest BCUT2D eigenvalue weighted by atomic mass is 10.0. The average Bonchev–Trinajstić information content (AvgIpc) is 2.47. The van der Waals surface area contributed by atoms with E-state index in [-0.39, 0.29) is 17.8 Å². The summed E-state index contributed by atoms with van der Waals surface area (Å²) in [5, 5.41) is 0. The summed E-state index contributed by atoms with van der Waals surface area (Å²) in [6.45, 7) is 0. The first-order valence-corrected chi connectivity index (χ1v) is 6.32. The molecule has 0 amide bonds. The second-order valence-corrected chi connectivity index (χ2v) is 4.46. The molecule has 0 bridgehead atoms. The Kier molecular flexibility index (Phi) is 4.60. The van der Waals surface area contributed by atoms with Crippen LogP contribution in [0.5, 0.6) is 5.75 Å². The summed E-state index contributed by atoms with van der Waals surface area (Å²) in [7, 11) is 0. The van der Waals surface area contributed by atoms with Gasteiger partial charge in [0.05, 0.1) is 6.42 Å². The summed E-state index contributed by atoms with van der Waals surface area (Å²) in [5.74, 6) is -1.23. The Morgan fingerprint density at radius 1 is 0.818 bits per heavy atom. The third-order valence-corrected chi connectivity index (χ3v) is 2.83. The smallest absolute Gasteiger partial charge is 0.406 e. The number of ether oxygens (including phenoxy) is 1. The molecule has 2 aromatic rings. The first-order valence-electron chi connectivity index (χ1n) is 6.32. The predicted octanol–water partition coefficient (Wildman–Crippen LogP) is 4.04. The molecule has 0 unspecified atom stereocenters. The van der Waals surface area contributed by atoms with Crippen LogP contribution in [0, 0.1) is 0 Å². The largest absolute Gasteiger partial charge is 0.573 e. The molecule has 0 aliphatic heterocycles. The summed E-state index contributed by atoms with van der Waals surface area (Å²) in [6.07, 6.45) is -5.13. The number of Topliss-reactive ketones (excluding diaryl/α,β-unsaturated/α-hetero) is 2. The van der Waals surface area contributed by atoms with E-state index in [1.165, 1.54) is 12.1 Å². The number of benzene rings is 2.